The highest BCUT2D eigenvalue weighted by Crippen LogP contribution is 2.18. The Morgan fingerprint density at radius 3 is 2.88 bits per heavy atom. The van der Waals surface area contributed by atoms with E-state index >= 15 is 0 Å². The molecule has 0 N–H and O–H groups in total. The van der Waals surface area contributed by atoms with Crippen LogP contribution in [0, 0.1) is 5.92 Å². The number of hydrogen-bond acceptors (Lipinski definition) is 3. The van der Waals surface area contributed by atoms with E-state index in [1.807, 2.05) is 11.0 Å². The molecular formula is C12H15N3O. The second-order valence-corrected chi connectivity index (χ2v) is 4.04. The number of carbonyl (C=O) groups excluding carboxylic acids is 1. The van der Waals surface area contributed by atoms with Gasteiger partial charge in [0.25, 0.3) is 0 Å². The van der Waals surface area contributed by atoms with Crippen molar-refractivity contribution in [2.75, 3.05) is 13.1 Å². The second kappa shape index (κ2) is 4.88. The number of hydrogen-bond donors (Lipinski definition) is 0. The summed E-state index contributed by atoms with van der Waals surface area (Å²) in [6.45, 7) is 5.28. The molecule has 16 heavy (non-hydrogen) atoms. The van der Waals surface area contributed by atoms with Gasteiger partial charge in [-0.3, -0.25) is 4.79 Å². The van der Waals surface area contributed by atoms with Crippen LogP contribution in [0.2, 0.25) is 0 Å². The van der Waals surface area contributed by atoms with Crippen LogP contribution in [0.15, 0.2) is 31.4 Å². The van der Waals surface area contributed by atoms with Crippen LogP contribution in [0.4, 0.5) is 0 Å². The van der Waals surface area contributed by atoms with Crippen molar-refractivity contribution in [1.29, 1.82) is 0 Å². The summed E-state index contributed by atoms with van der Waals surface area (Å²) in [4.78, 5) is 21.4. The van der Waals surface area contributed by atoms with Crippen LogP contribution in [0.25, 0.3) is 0 Å². The molecule has 2 rings (SSSR count). The first-order valence-corrected chi connectivity index (χ1v) is 5.44. The number of rotatable bonds is 4. The fraction of sp³-hybridized carbons (Fsp3) is 0.417. The lowest BCUT2D eigenvalue weighted by Crippen LogP contribution is -2.27. The van der Waals surface area contributed by atoms with E-state index in [2.05, 4.69) is 16.5 Å². The summed E-state index contributed by atoms with van der Waals surface area (Å²) in [7, 11) is 0. The maximum absolute atomic E-state index is 11.6. The van der Waals surface area contributed by atoms with Gasteiger partial charge in [-0.1, -0.05) is 6.08 Å². The lowest BCUT2D eigenvalue weighted by molar-refractivity contribution is -0.127. The normalized spacial score (nSPS) is 20.1. The number of nitrogens with zero attached hydrogens (tertiary/aromatic N) is 3. The molecule has 2 heterocycles. The zero-order chi connectivity index (χ0) is 11.4. The van der Waals surface area contributed by atoms with Crippen LogP contribution >= 0.6 is 0 Å². The van der Waals surface area contributed by atoms with E-state index in [1.54, 1.807) is 12.4 Å². The molecule has 1 aliphatic heterocycles. The molecule has 0 aromatic carbocycles. The number of likely N-dealkylation sites (tertiary alicyclic amines) is 1. The van der Waals surface area contributed by atoms with Gasteiger partial charge in [-0.15, -0.1) is 6.58 Å². The van der Waals surface area contributed by atoms with Crippen molar-refractivity contribution < 1.29 is 4.79 Å². The van der Waals surface area contributed by atoms with Crippen molar-refractivity contribution in [3.63, 3.8) is 0 Å². The topological polar surface area (TPSA) is 46.1 Å². The molecule has 1 unspecified atom stereocenters. The lowest BCUT2D eigenvalue weighted by atomic mass is 10.1. The van der Waals surface area contributed by atoms with Gasteiger partial charge in [-0.25, -0.2) is 9.97 Å². The summed E-state index contributed by atoms with van der Waals surface area (Å²) >= 11 is 0. The Morgan fingerprint density at radius 2 is 2.25 bits per heavy atom. The van der Waals surface area contributed by atoms with Gasteiger partial charge < -0.3 is 4.90 Å². The van der Waals surface area contributed by atoms with Crippen molar-refractivity contribution in [2.45, 2.75) is 12.8 Å². The molecule has 0 radical (unpaired) electrons. The third-order valence-corrected chi connectivity index (χ3v) is 2.86. The lowest BCUT2D eigenvalue weighted by Gasteiger charge is -2.15. The van der Waals surface area contributed by atoms with E-state index in [1.165, 1.54) is 6.33 Å². The van der Waals surface area contributed by atoms with Gasteiger partial charge >= 0.3 is 0 Å². The molecule has 4 heteroatoms. The third-order valence-electron chi connectivity index (χ3n) is 2.86. The van der Waals surface area contributed by atoms with Gasteiger partial charge in [0.15, 0.2) is 0 Å². The molecule has 1 amide bonds. The van der Waals surface area contributed by atoms with E-state index in [-0.39, 0.29) is 5.91 Å². The number of amides is 1. The average molecular weight is 217 g/mol. The van der Waals surface area contributed by atoms with Crippen molar-refractivity contribution in [1.82, 2.24) is 14.9 Å². The molecular weight excluding hydrogens is 202 g/mol. The Hall–Kier alpha value is -1.71. The van der Waals surface area contributed by atoms with Gasteiger partial charge in [-0.2, -0.15) is 0 Å². The van der Waals surface area contributed by atoms with Crippen LogP contribution in [-0.2, 0) is 11.2 Å². The van der Waals surface area contributed by atoms with Gasteiger partial charge in [0, 0.05) is 37.8 Å². The summed E-state index contributed by atoms with van der Waals surface area (Å²) in [5, 5.41) is 0. The van der Waals surface area contributed by atoms with Crippen LogP contribution in [-0.4, -0.2) is 33.9 Å². The minimum Gasteiger partial charge on any atom is -0.342 e. The Balaban J connectivity index is 1.87. The molecule has 0 spiro atoms. The fourth-order valence-corrected chi connectivity index (χ4v) is 1.90. The predicted octanol–water partition coefficient (Wildman–Crippen LogP) is 1.05. The van der Waals surface area contributed by atoms with Gasteiger partial charge in [0.2, 0.25) is 5.91 Å². The summed E-state index contributed by atoms with van der Waals surface area (Å²) in [5.74, 6) is 0.543. The monoisotopic (exact) mass is 217 g/mol. The zero-order valence-corrected chi connectivity index (χ0v) is 9.17. The molecule has 1 aliphatic rings. The molecule has 0 saturated carbocycles. The summed E-state index contributed by atoms with van der Waals surface area (Å²) in [5.41, 5.74) is 1.07. The van der Waals surface area contributed by atoms with Gasteiger partial charge in [0.1, 0.15) is 6.33 Å². The minimum atomic E-state index is 0.224. The third kappa shape index (κ3) is 2.45. The molecule has 4 nitrogen and oxygen atoms in total. The molecule has 0 aliphatic carbocycles. The summed E-state index contributed by atoms with van der Waals surface area (Å²) < 4.78 is 0. The van der Waals surface area contributed by atoms with E-state index < -0.39 is 0 Å². The molecule has 1 aromatic rings. The van der Waals surface area contributed by atoms with E-state index in [4.69, 9.17) is 0 Å². The molecule has 1 saturated heterocycles. The van der Waals surface area contributed by atoms with Gasteiger partial charge in [-0.05, 0) is 12.0 Å². The van der Waals surface area contributed by atoms with Crippen LogP contribution in [0.3, 0.4) is 0 Å². The highest BCUT2D eigenvalue weighted by Gasteiger charge is 2.26. The first-order chi connectivity index (χ1) is 7.79. The quantitative estimate of drug-likeness (QED) is 0.708. The average Bonchev–Trinajstić information content (AvgIpc) is 2.69. The van der Waals surface area contributed by atoms with Crippen molar-refractivity contribution in [3.05, 3.63) is 36.9 Å². The van der Waals surface area contributed by atoms with E-state index in [0.29, 0.717) is 12.3 Å². The number of carbonyl (C=O) groups is 1. The largest absolute Gasteiger partial charge is 0.342 e. The Bertz CT molecular complexity index is 377. The Kier molecular flexibility index (Phi) is 3.29. The van der Waals surface area contributed by atoms with Crippen molar-refractivity contribution >= 4 is 5.91 Å². The van der Waals surface area contributed by atoms with Gasteiger partial charge in [0.05, 0.1) is 0 Å². The number of aromatic nitrogens is 2. The SMILES string of the molecule is C=CC1CC(=O)N(CCc2cncnc2)C1. The summed E-state index contributed by atoms with van der Waals surface area (Å²) in [6, 6.07) is 0. The minimum absolute atomic E-state index is 0.224. The molecule has 1 atom stereocenters. The van der Waals surface area contributed by atoms with E-state index in [9.17, 15) is 4.79 Å². The van der Waals surface area contributed by atoms with Crippen LogP contribution < -0.4 is 0 Å². The molecule has 1 aromatic heterocycles. The predicted molar refractivity (Wildman–Crippen MR) is 60.6 cm³/mol. The van der Waals surface area contributed by atoms with Crippen LogP contribution in [0.1, 0.15) is 12.0 Å². The maximum Gasteiger partial charge on any atom is 0.223 e. The highest BCUT2D eigenvalue weighted by atomic mass is 16.2. The molecule has 84 valence electrons. The Morgan fingerprint density at radius 1 is 1.50 bits per heavy atom. The van der Waals surface area contributed by atoms with Crippen molar-refractivity contribution in [3.8, 4) is 0 Å². The summed E-state index contributed by atoms with van der Waals surface area (Å²) in [6.07, 6.45) is 8.38. The second-order valence-electron chi connectivity index (χ2n) is 4.04. The fourth-order valence-electron chi connectivity index (χ4n) is 1.90. The smallest absolute Gasteiger partial charge is 0.223 e. The molecule has 1 fully saturated rings. The van der Waals surface area contributed by atoms with Crippen LogP contribution in [0.5, 0.6) is 0 Å². The Labute approximate surface area is 95.0 Å². The standard InChI is InChI=1S/C12H15N3O/c1-2-10-5-12(16)15(8-10)4-3-11-6-13-9-14-7-11/h2,6-7,9-10H,1,3-5,8H2. The first kappa shape index (κ1) is 10.8. The van der Waals surface area contributed by atoms with Crippen molar-refractivity contribution in [2.24, 2.45) is 5.92 Å². The highest BCUT2D eigenvalue weighted by molar-refractivity contribution is 5.78. The molecule has 0 bridgehead atoms. The maximum atomic E-state index is 11.6. The zero-order valence-electron chi connectivity index (χ0n) is 9.17. The first-order valence-electron chi connectivity index (χ1n) is 5.44. The van der Waals surface area contributed by atoms with E-state index in [0.717, 1.165) is 25.1 Å².